The van der Waals surface area contributed by atoms with Crippen LogP contribution in [0, 0.1) is 0 Å². The number of nitrogens with one attached hydrogen (secondary N) is 1. The van der Waals surface area contributed by atoms with Crippen LogP contribution in [-0.4, -0.2) is 15.0 Å². The first-order chi connectivity index (χ1) is 9.75. The summed E-state index contributed by atoms with van der Waals surface area (Å²) in [6.45, 7) is 0. The molecule has 0 atom stereocenters. The van der Waals surface area contributed by atoms with Crippen LogP contribution in [0.3, 0.4) is 0 Å². The van der Waals surface area contributed by atoms with Crippen molar-refractivity contribution in [2.75, 3.05) is 5.32 Å². The molecule has 0 radical (unpaired) electrons. The summed E-state index contributed by atoms with van der Waals surface area (Å²) in [5.74, 6) is 0. The highest BCUT2D eigenvalue weighted by Gasteiger charge is 2.07. The van der Waals surface area contributed by atoms with Crippen molar-refractivity contribution < 1.29 is 0 Å². The molecule has 1 aromatic carbocycles. The summed E-state index contributed by atoms with van der Waals surface area (Å²) in [5.41, 5.74) is 9.06. The van der Waals surface area contributed by atoms with Crippen LogP contribution < -0.4 is 11.1 Å². The van der Waals surface area contributed by atoms with E-state index in [4.69, 9.17) is 18.0 Å². The number of aromatic nitrogens is 2. The second kappa shape index (κ2) is 5.22. The minimum Gasteiger partial charge on any atom is -0.389 e. The number of nitrogens with two attached hydrogens (primary N) is 1. The fourth-order valence-corrected chi connectivity index (χ4v) is 2.24. The first-order valence-corrected chi connectivity index (χ1v) is 6.51. The van der Waals surface area contributed by atoms with Crippen molar-refractivity contribution in [2.45, 2.75) is 0 Å². The number of anilines is 2. The molecule has 20 heavy (non-hydrogen) atoms. The number of benzene rings is 1. The van der Waals surface area contributed by atoms with Crippen molar-refractivity contribution in [3.05, 3.63) is 60.6 Å². The zero-order valence-corrected chi connectivity index (χ0v) is 11.4. The van der Waals surface area contributed by atoms with Gasteiger partial charge in [0, 0.05) is 23.3 Å². The summed E-state index contributed by atoms with van der Waals surface area (Å²) >= 11 is 5.06. The van der Waals surface area contributed by atoms with Gasteiger partial charge >= 0.3 is 0 Å². The molecule has 4 nitrogen and oxygen atoms in total. The van der Waals surface area contributed by atoms with Crippen LogP contribution in [0.15, 0.2) is 55.0 Å². The van der Waals surface area contributed by atoms with Gasteiger partial charge in [-0.25, -0.2) is 0 Å². The molecule has 98 valence electrons. The van der Waals surface area contributed by atoms with Crippen molar-refractivity contribution in [1.82, 2.24) is 9.97 Å². The van der Waals surface area contributed by atoms with Gasteiger partial charge in [0.25, 0.3) is 0 Å². The van der Waals surface area contributed by atoms with E-state index in [9.17, 15) is 0 Å². The molecule has 2 aromatic heterocycles. The molecule has 2 heterocycles. The second-order valence-corrected chi connectivity index (χ2v) is 4.73. The predicted molar refractivity (Wildman–Crippen MR) is 85.2 cm³/mol. The fourth-order valence-electron chi connectivity index (χ4n) is 2.06. The third-order valence-corrected chi connectivity index (χ3v) is 3.21. The van der Waals surface area contributed by atoms with Crippen LogP contribution in [0.5, 0.6) is 0 Å². The molecule has 3 N–H and O–H groups in total. The maximum absolute atomic E-state index is 5.73. The van der Waals surface area contributed by atoms with Crippen LogP contribution in [0.1, 0.15) is 5.56 Å². The van der Waals surface area contributed by atoms with Gasteiger partial charge in [0.1, 0.15) is 4.99 Å². The summed E-state index contributed by atoms with van der Waals surface area (Å²) in [7, 11) is 0. The molecule has 0 amide bonds. The predicted octanol–water partition coefficient (Wildman–Crippen LogP) is 3.01. The van der Waals surface area contributed by atoms with E-state index in [0.29, 0.717) is 4.99 Å². The molecule has 3 rings (SSSR count). The van der Waals surface area contributed by atoms with Crippen LogP contribution in [0.25, 0.3) is 10.9 Å². The van der Waals surface area contributed by atoms with E-state index >= 15 is 0 Å². The summed E-state index contributed by atoms with van der Waals surface area (Å²) in [4.78, 5) is 8.85. The number of para-hydroxylation sites is 1. The third kappa shape index (κ3) is 2.31. The number of hydrogen-bond acceptors (Lipinski definition) is 4. The normalized spacial score (nSPS) is 10.4. The first kappa shape index (κ1) is 12.5. The lowest BCUT2D eigenvalue weighted by atomic mass is 10.1. The highest BCUT2D eigenvalue weighted by atomic mass is 32.1. The van der Waals surface area contributed by atoms with Crippen LogP contribution in [-0.2, 0) is 0 Å². The highest BCUT2D eigenvalue weighted by Crippen LogP contribution is 2.25. The highest BCUT2D eigenvalue weighted by molar-refractivity contribution is 7.80. The summed E-state index contributed by atoms with van der Waals surface area (Å²) in [5, 5.41) is 4.37. The van der Waals surface area contributed by atoms with E-state index in [1.807, 2.05) is 30.3 Å². The van der Waals surface area contributed by atoms with E-state index in [1.54, 1.807) is 24.7 Å². The standard InChI is InChI=1S/C15H12N4S/c16-15(20)11-6-8-17-9-13(11)19-12-5-1-3-10-4-2-7-18-14(10)12/h1-9,19H,(H2,16,20). The Morgan fingerprint density at radius 1 is 1.05 bits per heavy atom. The molecule has 0 spiro atoms. The Labute approximate surface area is 121 Å². The van der Waals surface area contributed by atoms with Gasteiger partial charge in [0.2, 0.25) is 0 Å². The topological polar surface area (TPSA) is 63.8 Å². The molecule has 0 aliphatic heterocycles. The van der Waals surface area contributed by atoms with Crippen molar-refractivity contribution in [2.24, 2.45) is 5.73 Å². The molecule has 0 saturated heterocycles. The number of pyridine rings is 2. The number of hydrogen-bond donors (Lipinski definition) is 2. The molecule has 0 aliphatic carbocycles. The van der Waals surface area contributed by atoms with E-state index in [-0.39, 0.29) is 0 Å². The van der Waals surface area contributed by atoms with Crippen LogP contribution in [0.4, 0.5) is 11.4 Å². The van der Waals surface area contributed by atoms with E-state index in [1.165, 1.54) is 0 Å². The SMILES string of the molecule is NC(=S)c1ccncc1Nc1cccc2cccnc12. The average Bonchev–Trinajstić information content (AvgIpc) is 2.48. The van der Waals surface area contributed by atoms with Crippen LogP contribution >= 0.6 is 12.2 Å². The van der Waals surface area contributed by atoms with Gasteiger partial charge in [-0.05, 0) is 18.2 Å². The maximum Gasteiger partial charge on any atom is 0.106 e. The average molecular weight is 280 g/mol. The first-order valence-electron chi connectivity index (χ1n) is 6.10. The van der Waals surface area contributed by atoms with Gasteiger partial charge in [0.15, 0.2) is 0 Å². The smallest absolute Gasteiger partial charge is 0.106 e. The number of fused-ring (bicyclic) bond motifs is 1. The zero-order chi connectivity index (χ0) is 13.9. The second-order valence-electron chi connectivity index (χ2n) is 4.29. The Balaban J connectivity index is 2.08. The zero-order valence-electron chi connectivity index (χ0n) is 10.6. The molecular weight excluding hydrogens is 268 g/mol. The molecule has 0 saturated carbocycles. The molecule has 0 aliphatic rings. The Kier molecular flexibility index (Phi) is 3.26. The summed E-state index contributed by atoms with van der Waals surface area (Å²) in [6.07, 6.45) is 5.14. The van der Waals surface area contributed by atoms with Crippen molar-refractivity contribution in [1.29, 1.82) is 0 Å². The maximum atomic E-state index is 5.73. The molecule has 5 heteroatoms. The Bertz CT molecular complexity index is 780. The molecule has 0 unspecified atom stereocenters. The Hall–Kier alpha value is -2.53. The van der Waals surface area contributed by atoms with Gasteiger partial charge in [-0.15, -0.1) is 0 Å². The molecular formula is C15H12N4S. The van der Waals surface area contributed by atoms with Crippen molar-refractivity contribution >= 4 is 39.5 Å². The quantitative estimate of drug-likeness (QED) is 0.722. The fraction of sp³-hybridized carbons (Fsp3) is 0. The third-order valence-electron chi connectivity index (χ3n) is 2.99. The van der Waals surface area contributed by atoms with Crippen LogP contribution in [0.2, 0.25) is 0 Å². The monoisotopic (exact) mass is 280 g/mol. The molecule has 3 aromatic rings. The van der Waals surface area contributed by atoms with Gasteiger partial charge in [-0.3, -0.25) is 9.97 Å². The van der Waals surface area contributed by atoms with Gasteiger partial charge in [0.05, 0.1) is 23.1 Å². The largest absolute Gasteiger partial charge is 0.389 e. The van der Waals surface area contributed by atoms with Gasteiger partial charge in [-0.2, -0.15) is 0 Å². The lowest BCUT2D eigenvalue weighted by molar-refractivity contribution is 1.31. The summed E-state index contributed by atoms with van der Waals surface area (Å²) in [6, 6.07) is 11.7. The van der Waals surface area contributed by atoms with Crippen molar-refractivity contribution in [3.63, 3.8) is 0 Å². The van der Waals surface area contributed by atoms with Crippen molar-refractivity contribution in [3.8, 4) is 0 Å². The number of nitrogens with zero attached hydrogens (tertiary/aromatic N) is 2. The van der Waals surface area contributed by atoms with Gasteiger partial charge < -0.3 is 11.1 Å². The molecule has 0 bridgehead atoms. The number of thiocarbonyl (C=S) groups is 1. The van der Waals surface area contributed by atoms with E-state index < -0.39 is 0 Å². The number of rotatable bonds is 3. The van der Waals surface area contributed by atoms with E-state index in [2.05, 4.69) is 15.3 Å². The van der Waals surface area contributed by atoms with E-state index in [0.717, 1.165) is 27.8 Å². The lowest BCUT2D eigenvalue weighted by Gasteiger charge is -2.12. The molecule has 0 fully saturated rings. The van der Waals surface area contributed by atoms with Gasteiger partial charge in [-0.1, -0.05) is 30.4 Å². The summed E-state index contributed by atoms with van der Waals surface area (Å²) < 4.78 is 0. The minimum atomic E-state index is 0.336. The Morgan fingerprint density at radius 3 is 2.75 bits per heavy atom. The Morgan fingerprint density at radius 2 is 1.90 bits per heavy atom. The minimum absolute atomic E-state index is 0.336. The lowest BCUT2D eigenvalue weighted by Crippen LogP contribution is -2.12.